The summed E-state index contributed by atoms with van der Waals surface area (Å²) in [6.07, 6.45) is 13.4. The van der Waals surface area contributed by atoms with Crippen molar-refractivity contribution in [1.82, 2.24) is 9.97 Å². The molecule has 0 spiro atoms. The van der Waals surface area contributed by atoms with E-state index in [4.69, 9.17) is 0 Å². The molecular formula is C96H118N10. The molecule has 106 heavy (non-hydrogen) atoms. The lowest BCUT2D eigenvalue weighted by atomic mass is 9.91. The Labute approximate surface area is 637 Å². The molecule has 0 saturated carbocycles. The first-order chi connectivity index (χ1) is 50.3. The van der Waals surface area contributed by atoms with Gasteiger partial charge in [0.05, 0.1) is 11.4 Å². The predicted octanol–water partition coefficient (Wildman–Crippen LogP) is 25.9. The molecule has 0 saturated heterocycles. The summed E-state index contributed by atoms with van der Waals surface area (Å²) in [5, 5.41) is 0. The molecule has 10 nitrogen and oxygen atoms in total. The van der Waals surface area contributed by atoms with Crippen LogP contribution in [0.25, 0.3) is 0 Å². The summed E-state index contributed by atoms with van der Waals surface area (Å²) in [6, 6.07) is 58.3. The topological polar surface area (TPSA) is 51.7 Å². The van der Waals surface area contributed by atoms with Crippen LogP contribution in [-0.2, 0) is 0 Å². The van der Waals surface area contributed by atoms with Crippen LogP contribution in [-0.4, -0.2) is 34.6 Å². The molecular weight excluding hydrogens is 1290 g/mol. The molecule has 0 N–H and O–H groups in total. The Bertz CT molecular complexity index is 4260. The van der Waals surface area contributed by atoms with Crippen molar-refractivity contribution >= 4 is 68.5 Å². The molecule has 10 heteroatoms. The van der Waals surface area contributed by atoms with Gasteiger partial charge in [0.2, 0.25) is 0 Å². The van der Waals surface area contributed by atoms with Gasteiger partial charge < -0.3 is 39.2 Å². The average molecular weight is 1410 g/mol. The molecule has 0 bridgehead atoms. The van der Waals surface area contributed by atoms with Crippen molar-refractivity contribution in [1.29, 1.82) is 0 Å². The minimum atomic E-state index is 0.0924. The van der Waals surface area contributed by atoms with Gasteiger partial charge in [0.1, 0.15) is 24.7 Å². The Kier molecular flexibility index (Phi) is 23.2. The molecule has 5 heterocycles. The number of aromatic nitrogens is 2. The largest absolute Gasteiger partial charge is 0.325 e. The first-order valence-electron chi connectivity index (χ1n) is 38.6. The molecule has 0 aliphatic carbocycles. The van der Waals surface area contributed by atoms with Crippen molar-refractivity contribution in [3.05, 3.63) is 295 Å². The highest BCUT2D eigenvalue weighted by atomic mass is 15.5. The van der Waals surface area contributed by atoms with Gasteiger partial charge in [0.25, 0.3) is 0 Å². The summed E-state index contributed by atoms with van der Waals surface area (Å²) >= 11 is 0. The van der Waals surface area contributed by atoms with Crippen molar-refractivity contribution in [3.63, 3.8) is 0 Å². The summed E-state index contributed by atoms with van der Waals surface area (Å²) < 4.78 is 0. The maximum atomic E-state index is 4.67. The van der Waals surface area contributed by atoms with Gasteiger partial charge in [-0.15, -0.1) is 0 Å². The summed E-state index contributed by atoms with van der Waals surface area (Å²) in [4.78, 5) is 28.6. The van der Waals surface area contributed by atoms with Crippen LogP contribution in [0.1, 0.15) is 207 Å². The fourth-order valence-electron chi connectivity index (χ4n) is 17.1. The zero-order chi connectivity index (χ0) is 76.6. The number of hydrogen-bond donors (Lipinski definition) is 0. The number of nitrogens with zero attached hydrogens (tertiary/aromatic N) is 10. The fourth-order valence-corrected chi connectivity index (χ4v) is 17.1. The molecule has 0 atom stereocenters. The average Bonchev–Trinajstić information content (AvgIpc) is 1.60. The van der Waals surface area contributed by atoms with Gasteiger partial charge >= 0.3 is 0 Å². The standard InChI is InChI=1S/C28H40N2.C24H26N2.C22H24N4.C22H28N2/c1-18(2)23-12-10-13-24(19(3)4)27(23)29-16-17-30(22(29)9)28-25(20(5)6)14-11-15-26(28)21(7)8;1-16-10-17(2)13-21(12-16)25-20(5)26(24-9-7-6-8-23(24)25)22-14-18(3)11-19(4)15-22;1-14-8-15(2)11-19(10-14)25-18(5)26(22-21(25)23-6-7-24-22)20-12-16(3)9-17(4)13-20;1-14-10-16(3)21(17(4)11-14)23-8-9-24(20(23)7)22-18(5)12-15(2)13-19(22)6/h10-22H,1-9H3;6-15,20H,1-5H3;6-13,18H,1-5H3;8-13,20H,1-7H3. The van der Waals surface area contributed by atoms with Crippen LogP contribution in [0, 0.1) is 96.9 Å². The van der Waals surface area contributed by atoms with Gasteiger partial charge in [-0.1, -0.05) is 164 Å². The third-order valence-corrected chi connectivity index (χ3v) is 21.3. The molecule has 4 aliphatic rings. The lowest BCUT2D eigenvalue weighted by Crippen LogP contribution is -2.38. The second-order valence-electron chi connectivity index (χ2n) is 32.0. The highest BCUT2D eigenvalue weighted by Crippen LogP contribution is 2.50. The van der Waals surface area contributed by atoms with Gasteiger partial charge in [-0.05, 0) is 298 Å². The maximum absolute atomic E-state index is 4.67. The van der Waals surface area contributed by atoms with Gasteiger partial charge in [0, 0.05) is 82.7 Å². The zero-order valence-electron chi connectivity index (χ0n) is 68.6. The summed E-state index contributed by atoms with van der Waals surface area (Å²) in [6.45, 7) is 57.9. The monoisotopic (exact) mass is 1410 g/mol. The molecule has 10 aromatic rings. The van der Waals surface area contributed by atoms with E-state index in [2.05, 4.69) is 412 Å². The van der Waals surface area contributed by atoms with E-state index in [1.54, 1.807) is 12.4 Å². The number of para-hydroxylation sites is 4. The van der Waals surface area contributed by atoms with E-state index in [1.807, 2.05) is 0 Å². The smallest absolute Gasteiger partial charge is 0.178 e. The molecule has 4 aliphatic heterocycles. The normalized spacial score (nSPS) is 14.5. The number of rotatable bonds is 12. The second-order valence-corrected chi connectivity index (χ2v) is 32.0. The Balaban J connectivity index is 0.000000141. The van der Waals surface area contributed by atoms with Crippen LogP contribution in [0.3, 0.4) is 0 Å². The zero-order valence-corrected chi connectivity index (χ0v) is 68.6. The van der Waals surface area contributed by atoms with Crippen LogP contribution in [0.4, 0.5) is 68.5 Å². The van der Waals surface area contributed by atoms with Crippen molar-refractivity contribution < 1.29 is 0 Å². The van der Waals surface area contributed by atoms with Crippen LogP contribution < -0.4 is 39.2 Å². The Morgan fingerprint density at radius 3 is 0.736 bits per heavy atom. The van der Waals surface area contributed by atoms with E-state index in [-0.39, 0.29) is 24.7 Å². The van der Waals surface area contributed by atoms with Crippen molar-refractivity contribution in [2.24, 2.45) is 0 Å². The highest BCUT2D eigenvalue weighted by molar-refractivity contribution is 5.89. The molecule has 0 amide bonds. The van der Waals surface area contributed by atoms with Crippen LogP contribution in [0.15, 0.2) is 195 Å². The minimum absolute atomic E-state index is 0.0924. The van der Waals surface area contributed by atoms with Crippen LogP contribution in [0.2, 0.25) is 0 Å². The lowest BCUT2D eigenvalue weighted by molar-refractivity contribution is 0.713. The molecule has 9 aromatic carbocycles. The van der Waals surface area contributed by atoms with E-state index < -0.39 is 0 Å². The van der Waals surface area contributed by atoms with E-state index in [1.165, 1.54) is 146 Å². The van der Waals surface area contributed by atoms with E-state index in [9.17, 15) is 0 Å². The Morgan fingerprint density at radius 1 is 0.255 bits per heavy atom. The Hall–Kier alpha value is -10.1. The van der Waals surface area contributed by atoms with E-state index in [0.717, 1.165) is 23.0 Å². The summed E-state index contributed by atoms with van der Waals surface area (Å²) in [7, 11) is 0. The summed E-state index contributed by atoms with van der Waals surface area (Å²) in [5.41, 5.74) is 36.7. The number of anilines is 12. The van der Waals surface area contributed by atoms with Crippen LogP contribution in [0.5, 0.6) is 0 Å². The fraction of sp³-hybridized carbons (Fsp3) is 0.354. The Morgan fingerprint density at radius 2 is 0.481 bits per heavy atom. The van der Waals surface area contributed by atoms with Crippen molar-refractivity contribution in [2.75, 3.05) is 39.2 Å². The first kappa shape index (κ1) is 77.1. The number of aryl methyl sites for hydroxylation is 14. The summed E-state index contributed by atoms with van der Waals surface area (Å²) in [5.74, 6) is 3.77. The third-order valence-electron chi connectivity index (χ3n) is 21.3. The number of benzene rings is 9. The first-order valence-corrected chi connectivity index (χ1v) is 38.6. The molecule has 1 aromatic heterocycles. The van der Waals surface area contributed by atoms with Gasteiger partial charge in [-0.25, -0.2) is 9.97 Å². The number of fused-ring (bicyclic) bond motifs is 2. The second kappa shape index (κ2) is 31.9. The van der Waals surface area contributed by atoms with Gasteiger partial charge in [0.15, 0.2) is 11.6 Å². The molecule has 14 rings (SSSR count). The molecule has 0 unspecified atom stereocenters. The highest BCUT2D eigenvalue weighted by Gasteiger charge is 2.39. The molecule has 0 radical (unpaired) electrons. The number of hydrogen-bond acceptors (Lipinski definition) is 10. The van der Waals surface area contributed by atoms with Gasteiger partial charge in [-0.3, -0.25) is 0 Å². The third kappa shape index (κ3) is 15.9. The van der Waals surface area contributed by atoms with E-state index >= 15 is 0 Å². The predicted molar refractivity (Wildman–Crippen MR) is 457 cm³/mol. The van der Waals surface area contributed by atoms with E-state index in [0.29, 0.717) is 23.7 Å². The van der Waals surface area contributed by atoms with Crippen molar-refractivity contribution in [3.8, 4) is 0 Å². The minimum Gasteiger partial charge on any atom is -0.325 e. The lowest BCUT2D eigenvalue weighted by Gasteiger charge is -2.36. The SMILES string of the molecule is CC(C)c1cccc(C(C)C)c1N1C=CN(c2c(C(C)C)cccc2C(C)C)C1C.Cc1cc(C)c(N2C=CN(c3c(C)cc(C)cc3C)C2C)c(C)c1.Cc1cc(C)cc(N2c3ccccc3N(c3cc(C)cc(C)c3)C2C)c1.Cc1cc(C)cc(N2c3nccnc3N(c3cc(C)cc(C)c3)C2C)c1. The van der Waals surface area contributed by atoms with Crippen LogP contribution >= 0.6 is 0 Å². The maximum Gasteiger partial charge on any atom is 0.178 e. The van der Waals surface area contributed by atoms with Gasteiger partial charge in [-0.2, -0.15) is 0 Å². The van der Waals surface area contributed by atoms with Crippen molar-refractivity contribution in [2.45, 2.75) is 228 Å². The molecule has 0 fully saturated rings. The molecule has 552 valence electrons. The quantitative estimate of drug-likeness (QED) is 0.118.